The topological polar surface area (TPSA) is 60.2 Å². The first-order chi connectivity index (χ1) is 12.0. The average Bonchev–Trinajstić information content (AvgIpc) is 3.06. The van der Waals surface area contributed by atoms with Gasteiger partial charge in [0.25, 0.3) is 0 Å². The Morgan fingerprint density at radius 2 is 2.08 bits per heavy atom. The van der Waals surface area contributed by atoms with E-state index in [0.29, 0.717) is 6.54 Å². The van der Waals surface area contributed by atoms with Crippen molar-refractivity contribution < 1.29 is 9.53 Å². The van der Waals surface area contributed by atoms with E-state index in [-0.39, 0.29) is 11.9 Å². The summed E-state index contributed by atoms with van der Waals surface area (Å²) >= 11 is 0. The van der Waals surface area contributed by atoms with E-state index < -0.39 is 0 Å². The molecular formula is C19H22N4O2. The molecule has 2 aromatic heterocycles. The lowest BCUT2D eigenvalue weighted by Crippen LogP contribution is -2.33. The molecule has 0 bridgehead atoms. The normalized spacial score (nSPS) is 12.2. The number of aryl methyl sites for hydroxylation is 1. The average molecular weight is 338 g/mol. The van der Waals surface area contributed by atoms with Crippen molar-refractivity contribution in [1.82, 2.24) is 19.4 Å². The number of carbonyl (C=O) groups is 1. The van der Waals surface area contributed by atoms with Crippen LogP contribution >= 0.6 is 0 Å². The maximum Gasteiger partial charge on any atom is 0.245 e. The van der Waals surface area contributed by atoms with Gasteiger partial charge in [-0.1, -0.05) is 12.1 Å². The van der Waals surface area contributed by atoms with Gasteiger partial charge < -0.3 is 14.2 Å². The minimum Gasteiger partial charge on any atom is -0.494 e. The molecule has 0 radical (unpaired) electrons. The van der Waals surface area contributed by atoms with Crippen molar-refractivity contribution in [2.45, 2.75) is 26.4 Å². The Kier molecular flexibility index (Phi) is 4.70. The fourth-order valence-electron chi connectivity index (χ4n) is 3.08. The summed E-state index contributed by atoms with van der Waals surface area (Å²) in [6, 6.07) is 7.48. The summed E-state index contributed by atoms with van der Waals surface area (Å²) in [4.78, 5) is 23.1. The van der Waals surface area contributed by atoms with Crippen LogP contribution < -0.4 is 4.74 Å². The van der Waals surface area contributed by atoms with Crippen molar-refractivity contribution in [3.63, 3.8) is 0 Å². The van der Waals surface area contributed by atoms with E-state index >= 15 is 0 Å². The monoisotopic (exact) mass is 338 g/mol. The van der Waals surface area contributed by atoms with Gasteiger partial charge in [-0.2, -0.15) is 0 Å². The molecule has 0 N–H and O–H groups in total. The smallest absolute Gasteiger partial charge is 0.245 e. The predicted molar refractivity (Wildman–Crippen MR) is 96.4 cm³/mol. The number of ether oxygens (including phenoxy) is 1. The zero-order valence-corrected chi connectivity index (χ0v) is 14.9. The van der Waals surface area contributed by atoms with E-state index in [1.807, 2.05) is 55.9 Å². The van der Waals surface area contributed by atoms with Crippen molar-refractivity contribution in [3.8, 4) is 5.75 Å². The standard InChI is InChI=1S/C19H22N4O2/c1-13(23-11-10-20-14(23)2)19(24)22(3)12-15-7-8-17(25-4)18-16(15)6-5-9-21-18/h5-11,13H,12H2,1-4H3/t13-/m0/s1. The molecular weight excluding hydrogens is 316 g/mol. The highest BCUT2D eigenvalue weighted by atomic mass is 16.5. The first-order valence-corrected chi connectivity index (χ1v) is 8.18. The van der Waals surface area contributed by atoms with Crippen molar-refractivity contribution in [2.75, 3.05) is 14.2 Å². The fraction of sp³-hybridized carbons (Fsp3) is 0.316. The number of likely N-dealkylation sites (N-methyl/N-ethyl adjacent to an activating group) is 1. The van der Waals surface area contributed by atoms with Crippen LogP contribution in [0.4, 0.5) is 0 Å². The molecule has 0 aliphatic carbocycles. The van der Waals surface area contributed by atoms with Gasteiger partial charge in [0.2, 0.25) is 5.91 Å². The number of amides is 1. The van der Waals surface area contributed by atoms with Crippen LogP contribution in [-0.2, 0) is 11.3 Å². The maximum absolute atomic E-state index is 12.8. The number of rotatable bonds is 5. The van der Waals surface area contributed by atoms with Gasteiger partial charge in [0.05, 0.1) is 7.11 Å². The molecule has 1 aromatic carbocycles. The molecule has 0 saturated heterocycles. The molecule has 25 heavy (non-hydrogen) atoms. The van der Waals surface area contributed by atoms with Gasteiger partial charge in [0.1, 0.15) is 23.1 Å². The highest BCUT2D eigenvalue weighted by Crippen LogP contribution is 2.27. The second-order valence-corrected chi connectivity index (χ2v) is 6.08. The molecule has 0 spiro atoms. The molecule has 2 heterocycles. The molecule has 0 aliphatic heterocycles. The van der Waals surface area contributed by atoms with E-state index in [0.717, 1.165) is 28.0 Å². The number of aromatic nitrogens is 3. The van der Waals surface area contributed by atoms with Crippen molar-refractivity contribution in [2.24, 2.45) is 0 Å². The van der Waals surface area contributed by atoms with Crippen LogP contribution in [0.5, 0.6) is 5.75 Å². The van der Waals surface area contributed by atoms with E-state index in [9.17, 15) is 4.79 Å². The van der Waals surface area contributed by atoms with Crippen LogP contribution in [-0.4, -0.2) is 39.5 Å². The Hall–Kier alpha value is -2.89. The molecule has 0 unspecified atom stereocenters. The van der Waals surface area contributed by atoms with Crippen molar-refractivity contribution in [3.05, 3.63) is 54.2 Å². The lowest BCUT2D eigenvalue weighted by Gasteiger charge is -2.23. The number of hydrogen-bond acceptors (Lipinski definition) is 4. The van der Waals surface area contributed by atoms with Crippen LogP contribution in [0.2, 0.25) is 0 Å². The maximum atomic E-state index is 12.8. The van der Waals surface area contributed by atoms with Gasteiger partial charge >= 0.3 is 0 Å². The van der Waals surface area contributed by atoms with Gasteiger partial charge in [-0.05, 0) is 31.5 Å². The van der Waals surface area contributed by atoms with Crippen LogP contribution in [0.15, 0.2) is 42.9 Å². The first-order valence-electron chi connectivity index (χ1n) is 8.18. The van der Waals surface area contributed by atoms with E-state index in [1.165, 1.54) is 0 Å². The van der Waals surface area contributed by atoms with Crippen molar-refractivity contribution in [1.29, 1.82) is 0 Å². The summed E-state index contributed by atoms with van der Waals surface area (Å²) in [7, 11) is 3.45. The van der Waals surface area contributed by atoms with E-state index in [2.05, 4.69) is 9.97 Å². The zero-order chi connectivity index (χ0) is 18.0. The van der Waals surface area contributed by atoms with Gasteiger partial charge in [-0.25, -0.2) is 4.98 Å². The van der Waals surface area contributed by atoms with E-state index in [4.69, 9.17) is 4.74 Å². The molecule has 0 fully saturated rings. The minimum atomic E-state index is -0.296. The van der Waals surface area contributed by atoms with Crippen LogP contribution in [0.1, 0.15) is 24.4 Å². The van der Waals surface area contributed by atoms with Gasteiger partial charge in [0, 0.05) is 37.6 Å². The second kappa shape index (κ2) is 6.93. The summed E-state index contributed by atoms with van der Waals surface area (Å²) in [5.41, 5.74) is 1.84. The number of imidazole rings is 1. The number of carbonyl (C=O) groups excluding carboxylic acids is 1. The molecule has 1 atom stereocenters. The molecule has 0 aliphatic rings. The molecule has 1 amide bonds. The van der Waals surface area contributed by atoms with Crippen LogP contribution in [0, 0.1) is 6.92 Å². The highest BCUT2D eigenvalue weighted by Gasteiger charge is 2.21. The van der Waals surface area contributed by atoms with Gasteiger partial charge in [0.15, 0.2) is 0 Å². The third-order valence-electron chi connectivity index (χ3n) is 4.46. The lowest BCUT2D eigenvalue weighted by molar-refractivity contribution is -0.133. The second-order valence-electron chi connectivity index (χ2n) is 6.08. The highest BCUT2D eigenvalue weighted by molar-refractivity contribution is 5.88. The third-order valence-corrected chi connectivity index (χ3v) is 4.46. The number of benzene rings is 1. The molecule has 6 nitrogen and oxygen atoms in total. The van der Waals surface area contributed by atoms with Crippen LogP contribution in [0.25, 0.3) is 10.9 Å². The predicted octanol–water partition coefficient (Wildman–Crippen LogP) is 2.97. The largest absolute Gasteiger partial charge is 0.494 e. The van der Waals surface area contributed by atoms with E-state index in [1.54, 1.807) is 24.4 Å². The molecule has 3 aromatic rings. The zero-order valence-electron chi connectivity index (χ0n) is 14.9. The summed E-state index contributed by atoms with van der Waals surface area (Å²) in [6.07, 6.45) is 5.29. The SMILES string of the molecule is COc1ccc(CN(C)C(=O)[C@H](C)n2ccnc2C)c2cccnc12. The molecule has 3 rings (SSSR count). The molecule has 130 valence electrons. The quantitative estimate of drug-likeness (QED) is 0.717. The Morgan fingerprint density at radius 3 is 2.76 bits per heavy atom. The fourth-order valence-corrected chi connectivity index (χ4v) is 3.08. The van der Waals surface area contributed by atoms with Crippen LogP contribution in [0.3, 0.4) is 0 Å². The Bertz CT molecular complexity index is 903. The number of pyridine rings is 1. The third kappa shape index (κ3) is 3.20. The number of hydrogen-bond donors (Lipinski definition) is 0. The summed E-state index contributed by atoms with van der Waals surface area (Å²) in [6.45, 7) is 4.29. The van der Waals surface area contributed by atoms with Gasteiger partial charge in [-0.3, -0.25) is 9.78 Å². The number of fused-ring (bicyclic) bond motifs is 1. The summed E-state index contributed by atoms with van der Waals surface area (Å²) in [5, 5.41) is 0.993. The minimum absolute atomic E-state index is 0.0361. The van der Waals surface area contributed by atoms with Gasteiger partial charge in [-0.15, -0.1) is 0 Å². The number of nitrogens with zero attached hydrogens (tertiary/aromatic N) is 4. The Labute approximate surface area is 147 Å². The summed E-state index contributed by atoms with van der Waals surface area (Å²) < 4.78 is 7.26. The van der Waals surface area contributed by atoms with Crippen molar-refractivity contribution >= 4 is 16.8 Å². The lowest BCUT2D eigenvalue weighted by atomic mass is 10.1. The Morgan fingerprint density at radius 1 is 1.28 bits per heavy atom. The summed E-state index contributed by atoms with van der Waals surface area (Å²) in [5.74, 6) is 1.60. The number of methoxy groups -OCH3 is 1. The molecule has 6 heteroatoms. The molecule has 0 saturated carbocycles. The Balaban J connectivity index is 1.86. The first kappa shape index (κ1) is 17.0.